The SMILES string of the molecule is CSCC[C@H](NC(=O)[C@H](CC(C)C)NC(=O)[C@H](CCC(=O)O)NC(=O)[C@H](CO)NC(=O)[C@H](CCCNC(=N)N)NC(=O)[C@H](CCCNC(=N)N)NC(=O)[C@H](CCCNC(=N)N)NC(=O)[C@@H](NC(=O)[C@@H](N)CC(C)C)C(C)C)C(=O)NCC(=O)N[C@@H](CCCNC(=N)N)C(=O)N[C@@H](CCCNC(=N)N)C(=O)N[C@@H](CC(N)=O)C(=O)N1CCC[C@H]1C(=O)N[C@H](C(=O)N[C@@H](CS)C(=O)N1CCC[C@H]1C(=O)NCC(=O)O)C(C)C. The molecule has 0 aromatic rings. The van der Waals surface area contributed by atoms with E-state index in [1.54, 1.807) is 47.8 Å². The van der Waals surface area contributed by atoms with Gasteiger partial charge in [0.25, 0.3) is 0 Å². The second kappa shape index (κ2) is 67.1. The molecule has 145 heavy (non-hydrogen) atoms. The van der Waals surface area contributed by atoms with Gasteiger partial charge in [0, 0.05) is 58.0 Å². The van der Waals surface area contributed by atoms with Crippen LogP contribution in [0.4, 0.5) is 0 Å². The second-order valence-electron chi connectivity index (χ2n) is 36.4. The molecule has 57 nitrogen and oxygen atoms in total. The number of amides is 18. The molecule has 0 saturated carbocycles. The molecule has 2 aliphatic heterocycles. The largest absolute Gasteiger partial charge is 0.481 e. The minimum atomic E-state index is -2.01. The van der Waals surface area contributed by atoms with Gasteiger partial charge in [0.15, 0.2) is 29.8 Å². The number of primary amides is 1. The number of aliphatic hydroxyl groups is 1. The maximum absolute atomic E-state index is 14.7. The monoisotopic (exact) mass is 2100 g/mol. The summed E-state index contributed by atoms with van der Waals surface area (Å²) in [5, 5.41) is 118. The number of thiol groups is 1. The highest BCUT2D eigenvalue weighted by Gasteiger charge is 2.45. The summed E-state index contributed by atoms with van der Waals surface area (Å²) in [5.41, 5.74) is 39.4. The molecule has 59 heteroatoms. The van der Waals surface area contributed by atoms with Crippen molar-refractivity contribution in [3.8, 4) is 0 Å². The Morgan fingerprint density at radius 2 is 0.697 bits per heavy atom. The maximum atomic E-state index is 14.7. The van der Waals surface area contributed by atoms with E-state index < -0.39 is 301 Å². The normalized spacial score (nSPS) is 16.1. The molecule has 0 aromatic heterocycles. The van der Waals surface area contributed by atoms with Gasteiger partial charge in [-0.3, -0.25) is 123 Å². The minimum absolute atomic E-state index is 0.00279. The van der Waals surface area contributed by atoms with Crippen molar-refractivity contribution in [3.63, 3.8) is 0 Å². The third-order valence-corrected chi connectivity index (χ3v) is 23.7. The number of carbonyl (C=O) groups excluding carboxylic acids is 18. The van der Waals surface area contributed by atoms with Crippen LogP contribution >= 0.6 is 24.4 Å². The van der Waals surface area contributed by atoms with E-state index in [1.807, 2.05) is 13.8 Å². The predicted octanol–water partition coefficient (Wildman–Crippen LogP) is -10.9. The molecule has 18 amide bonds. The number of aliphatic carboxylic acids is 2. The smallest absolute Gasteiger partial charge is 0.322 e. The van der Waals surface area contributed by atoms with Crippen LogP contribution in [0.25, 0.3) is 0 Å². The first kappa shape index (κ1) is 127. The summed E-state index contributed by atoms with van der Waals surface area (Å²) in [5.74, 6) is -24.4. The third kappa shape index (κ3) is 49.5. The van der Waals surface area contributed by atoms with Crippen LogP contribution in [-0.2, 0) is 95.9 Å². The van der Waals surface area contributed by atoms with Crippen LogP contribution < -0.4 is 146 Å². The molecule has 0 spiro atoms. The third-order valence-electron chi connectivity index (χ3n) is 22.7. The van der Waals surface area contributed by atoms with Crippen molar-refractivity contribution in [3.05, 3.63) is 0 Å². The Labute approximate surface area is 850 Å². The van der Waals surface area contributed by atoms with E-state index in [-0.39, 0.29) is 166 Å². The van der Waals surface area contributed by atoms with Gasteiger partial charge in [-0.25, -0.2) is 0 Å². The average molecular weight is 2100 g/mol. The summed E-state index contributed by atoms with van der Waals surface area (Å²) >= 11 is 5.50. The van der Waals surface area contributed by atoms with E-state index in [0.29, 0.717) is 6.42 Å². The van der Waals surface area contributed by atoms with E-state index in [9.17, 15) is 106 Å². The van der Waals surface area contributed by atoms with Gasteiger partial charge in [0.2, 0.25) is 106 Å². The van der Waals surface area contributed by atoms with Crippen LogP contribution in [0.5, 0.6) is 0 Å². The number of nitrogens with two attached hydrogens (primary N) is 7. The minimum Gasteiger partial charge on any atom is -0.481 e. The van der Waals surface area contributed by atoms with E-state index >= 15 is 0 Å². The lowest BCUT2D eigenvalue weighted by molar-refractivity contribution is -0.144. The van der Waals surface area contributed by atoms with Crippen LogP contribution in [-0.4, -0.2) is 353 Å². The topological polar surface area (TPSA) is 951 Å². The van der Waals surface area contributed by atoms with Crippen molar-refractivity contribution < 1.29 is 111 Å². The van der Waals surface area contributed by atoms with Crippen LogP contribution in [0.1, 0.15) is 184 Å². The number of nitrogens with zero attached hydrogens (tertiary/aromatic N) is 2. The van der Waals surface area contributed by atoms with Crippen molar-refractivity contribution in [2.24, 2.45) is 63.8 Å². The molecule has 42 N–H and O–H groups in total. The molecule has 2 fully saturated rings. The molecule has 0 radical (unpaired) electrons. The Bertz CT molecular complexity index is 4440. The highest BCUT2D eigenvalue weighted by molar-refractivity contribution is 7.98. The number of carboxylic acid groups (broad SMARTS) is 2. The van der Waals surface area contributed by atoms with E-state index in [4.69, 9.17) is 72.3 Å². The first-order chi connectivity index (χ1) is 68.2. The standard InChI is InChI=1S/C86H154N34O23S2/c1-42(2)35-46(87)66(128)117-64(44(5)6)78(140)112-51(21-14-31-103-86(97)98)70(132)108-48(18-11-28-100-83(91)92)69(131)109-50(20-13-30-102-85(95)96)72(134)115-56(40-121)75(137)110-52(24-25-62(124)125)73(135)113-54(36-43(3)4)74(136)111-53(26-34-145-9)67(129)104-38-61(123)106-47(17-10-27-99-82(89)90)68(130)107-49(19-12-29-101-84(93)94)71(133)114-55(37-60(88)122)80(142)120-33-16-23-59(120)77(139)118-65(45(7)8)79(141)116-57(41-144)81(143)119-32-15-22-58(119)76(138)105-39-63(126)127/h42-59,64-65,121,144H,10-41,87H2,1-9H3,(H2,88,122)(H,104,129)(H,105,138)(H,106,123)(H,107,130)(H,108,132)(H,109,131)(H,110,137)(H,111,136)(H,112,140)(H,113,135)(H,114,133)(H,115,134)(H,116,141)(H,117,128)(H,118,139)(H,124,125)(H,126,127)(H4,89,90,99)(H4,91,92,100)(H4,93,94,101)(H4,95,96,102)(H4,97,98,103)/t46-,47-,48-,49-,50-,51-,52-,53-,54-,55-,56-,57-,58-,59-,64-,65-/m0/s1. The maximum Gasteiger partial charge on any atom is 0.322 e. The summed E-state index contributed by atoms with van der Waals surface area (Å²) in [6.07, 6.45) is -1.24. The Hall–Kier alpha value is -13.6. The van der Waals surface area contributed by atoms with Crippen molar-refractivity contribution in [2.75, 3.05) is 83.3 Å². The fraction of sp³-hybridized carbons (Fsp3) is 0.709. The summed E-state index contributed by atoms with van der Waals surface area (Å²) < 4.78 is 0. The first-order valence-corrected chi connectivity index (χ1v) is 49.9. The molecule has 16 atom stereocenters. The number of carboxylic acids is 2. The quantitative estimate of drug-likeness (QED) is 0.0116. The van der Waals surface area contributed by atoms with Gasteiger partial charge >= 0.3 is 11.9 Å². The molecule has 2 rings (SSSR count). The molecule has 2 saturated heterocycles. The lowest BCUT2D eigenvalue weighted by Gasteiger charge is -2.32. The van der Waals surface area contributed by atoms with Crippen LogP contribution in [0.15, 0.2) is 0 Å². The Morgan fingerprint density at radius 3 is 1.06 bits per heavy atom. The van der Waals surface area contributed by atoms with Gasteiger partial charge in [-0.15, -0.1) is 0 Å². The van der Waals surface area contributed by atoms with E-state index in [2.05, 4.69) is 119 Å². The zero-order valence-corrected chi connectivity index (χ0v) is 85.2. The molecule has 0 aliphatic carbocycles. The lowest BCUT2D eigenvalue weighted by atomic mass is 9.99. The van der Waals surface area contributed by atoms with Crippen molar-refractivity contribution in [1.29, 1.82) is 27.0 Å². The number of hydrogen-bond acceptors (Lipinski definition) is 29. The van der Waals surface area contributed by atoms with Crippen LogP contribution in [0.2, 0.25) is 0 Å². The number of guanidine groups is 5. The molecule has 818 valence electrons. The number of aliphatic hydroxyl groups excluding tert-OH is 1. The molecular weight excluding hydrogens is 1940 g/mol. The highest BCUT2D eigenvalue weighted by Crippen LogP contribution is 2.24. The van der Waals surface area contributed by atoms with Gasteiger partial charge in [-0.1, -0.05) is 55.4 Å². The molecule has 0 bridgehead atoms. The van der Waals surface area contributed by atoms with Gasteiger partial charge in [0.1, 0.15) is 97.2 Å². The van der Waals surface area contributed by atoms with Gasteiger partial charge in [-0.05, 0) is 151 Å². The predicted molar refractivity (Wildman–Crippen MR) is 535 cm³/mol. The zero-order chi connectivity index (χ0) is 110. The lowest BCUT2D eigenvalue weighted by Crippen LogP contribution is -2.61. The number of thioether (sulfide) groups is 1. The summed E-state index contributed by atoms with van der Waals surface area (Å²) in [4.78, 5) is 280. The second-order valence-corrected chi connectivity index (χ2v) is 37.8. The summed E-state index contributed by atoms with van der Waals surface area (Å²) in [6, 6.07) is -24.1. The fourth-order valence-corrected chi connectivity index (χ4v) is 16.0. The zero-order valence-electron chi connectivity index (χ0n) is 83.5. The fourth-order valence-electron chi connectivity index (χ4n) is 15.2. The molecule has 0 aromatic carbocycles. The Balaban J connectivity index is 2.55. The van der Waals surface area contributed by atoms with E-state index in [0.717, 1.165) is 4.90 Å². The Kier molecular flexibility index (Phi) is 58.9. The van der Waals surface area contributed by atoms with Crippen molar-refractivity contribution in [1.82, 2.24) is 116 Å². The van der Waals surface area contributed by atoms with Crippen molar-refractivity contribution in [2.45, 2.75) is 280 Å². The van der Waals surface area contributed by atoms with Crippen molar-refractivity contribution >= 4 is 172 Å². The number of hydrogen-bond donors (Lipinski definition) is 36. The highest BCUT2D eigenvalue weighted by atomic mass is 32.2. The average Bonchev–Trinajstić information content (AvgIpc) is 1.71. The molecule has 0 unspecified atom stereocenters. The van der Waals surface area contributed by atoms with E-state index in [1.165, 1.54) is 16.7 Å². The number of rotatable bonds is 69. The van der Waals surface area contributed by atoms with Gasteiger partial charge in [-0.2, -0.15) is 24.4 Å². The summed E-state index contributed by atoms with van der Waals surface area (Å²) in [6.45, 7) is 10.4. The Morgan fingerprint density at radius 1 is 0.366 bits per heavy atom. The summed E-state index contributed by atoms with van der Waals surface area (Å²) in [7, 11) is 0. The van der Waals surface area contributed by atoms with Crippen LogP contribution in [0, 0.1) is 50.7 Å². The number of nitrogens with one attached hydrogen (secondary N) is 25. The molecule has 2 aliphatic rings. The molecule has 2 heterocycles. The van der Waals surface area contributed by atoms with Gasteiger partial charge in [0.05, 0.1) is 25.6 Å². The van der Waals surface area contributed by atoms with Crippen LogP contribution in [0.3, 0.4) is 0 Å². The first-order valence-electron chi connectivity index (χ1n) is 47.8. The van der Waals surface area contributed by atoms with Gasteiger partial charge < -0.3 is 172 Å². The number of likely N-dealkylation sites (tertiary alicyclic amines) is 2. The number of carbonyl (C=O) groups is 20. The molecular formula is C86H154N34O23S2.